The summed E-state index contributed by atoms with van der Waals surface area (Å²) in [5.41, 5.74) is 2.15. The minimum Gasteiger partial charge on any atom is -0.490 e. The molecule has 1 aromatic heterocycles. The van der Waals surface area contributed by atoms with Gasteiger partial charge in [-0.2, -0.15) is 0 Å². The lowest BCUT2D eigenvalue weighted by molar-refractivity contribution is 0.103. The van der Waals surface area contributed by atoms with Gasteiger partial charge in [-0.1, -0.05) is 45.4 Å². The molecular weight excluding hydrogens is 644 g/mol. The van der Waals surface area contributed by atoms with Crippen LogP contribution in [0, 0.1) is 7.14 Å². The van der Waals surface area contributed by atoms with Crippen LogP contribution in [-0.2, 0) is 6.42 Å². The number of para-hydroxylation sites is 1. The van der Waals surface area contributed by atoms with E-state index in [9.17, 15) is 4.79 Å². The maximum atomic E-state index is 13.6. The predicted molar refractivity (Wildman–Crippen MR) is 152 cm³/mol. The molecule has 180 valence electrons. The van der Waals surface area contributed by atoms with Gasteiger partial charge in [-0.3, -0.25) is 4.79 Å². The zero-order valence-electron chi connectivity index (χ0n) is 19.8. The fraction of sp³-hybridized carbons (Fsp3) is 0.423. The highest BCUT2D eigenvalue weighted by Gasteiger charge is 2.23. The van der Waals surface area contributed by atoms with Crippen molar-refractivity contribution in [1.29, 1.82) is 0 Å². The Labute approximate surface area is 224 Å². The zero-order chi connectivity index (χ0) is 24.4. The van der Waals surface area contributed by atoms with E-state index in [4.69, 9.17) is 14.3 Å². The van der Waals surface area contributed by atoms with Crippen molar-refractivity contribution in [3.8, 4) is 5.75 Å². The third-order valence-corrected chi connectivity index (χ3v) is 7.06. The summed E-state index contributed by atoms with van der Waals surface area (Å²) in [6, 6.07) is 11.7. The highest BCUT2D eigenvalue weighted by Crippen LogP contribution is 2.33. The predicted octanol–water partition coefficient (Wildman–Crippen LogP) is 6.54. The molecule has 0 aliphatic heterocycles. The number of aliphatic hydroxyl groups excluding tert-OH is 1. The smallest absolute Gasteiger partial charge is 0.197 e. The first-order valence-corrected chi connectivity index (χ1v) is 13.5. The van der Waals surface area contributed by atoms with Crippen LogP contribution in [0.5, 0.6) is 5.75 Å². The summed E-state index contributed by atoms with van der Waals surface area (Å²) in [5, 5.41) is 7.89. The van der Waals surface area contributed by atoms with Gasteiger partial charge in [0.15, 0.2) is 5.78 Å². The molecule has 0 atom stereocenters. The summed E-state index contributed by atoms with van der Waals surface area (Å²) < 4.78 is 14.1. The van der Waals surface area contributed by atoms with Gasteiger partial charge in [0, 0.05) is 31.0 Å². The Balaban J connectivity index is 0.00000187. The Bertz CT molecular complexity index is 1020. The number of halogens is 2. The number of benzene rings is 2. The number of carbonyl (C=O) groups excluding carboxylic acids is 1. The maximum absolute atomic E-state index is 13.6. The van der Waals surface area contributed by atoms with E-state index in [-0.39, 0.29) is 5.78 Å². The molecule has 0 bridgehead atoms. The van der Waals surface area contributed by atoms with Gasteiger partial charge in [0.2, 0.25) is 0 Å². The van der Waals surface area contributed by atoms with Gasteiger partial charge in [0.1, 0.15) is 23.7 Å². The number of hydrogen-bond donors (Lipinski definition) is 1. The van der Waals surface area contributed by atoms with E-state index in [1.54, 1.807) is 0 Å². The molecule has 0 unspecified atom stereocenters. The fourth-order valence-corrected chi connectivity index (χ4v) is 5.73. The summed E-state index contributed by atoms with van der Waals surface area (Å²) >= 11 is 4.54. The van der Waals surface area contributed by atoms with Crippen LogP contribution in [0.1, 0.15) is 55.3 Å². The first-order valence-electron chi connectivity index (χ1n) is 11.3. The molecule has 33 heavy (non-hydrogen) atoms. The normalized spacial score (nSPS) is 10.9. The fourth-order valence-electron chi connectivity index (χ4n) is 3.65. The SMILES string of the molecule is CCCCc1oc2ccccc2c1C(=O)c1cc(I)c(OCCN(CC)CC)c(I)c1.CO. The van der Waals surface area contributed by atoms with Crippen LogP contribution in [0.15, 0.2) is 40.8 Å². The van der Waals surface area contributed by atoms with E-state index in [2.05, 4.69) is 70.9 Å². The molecule has 0 fully saturated rings. The van der Waals surface area contributed by atoms with Crippen LogP contribution in [-0.4, -0.2) is 49.1 Å². The number of hydrogen-bond acceptors (Lipinski definition) is 5. The number of furan rings is 1. The molecule has 0 spiro atoms. The molecule has 2 aromatic carbocycles. The van der Waals surface area contributed by atoms with Crippen molar-refractivity contribution >= 4 is 61.9 Å². The molecule has 0 aliphatic carbocycles. The number of ether oxygens (including phenoxy) is 1. The van der Waals surface area contributed by atoms with Crippen molar-refractivity contribution in [3.05, 3.63) is 60.4 Å². The second kappa shape index (κ2) is 14.3. The molecule has 3 aromatic rings. The maximum Gasteiger partial charge on any atom is 0.197 e. The molecular formula is C26H33I2NO4. The Kier molecular flexibility index (Phi) is 12.1. The standard InChI is InChI=1S/C25H29I2NO3.CH4O/c1-4-7-11-22-23(18-10-8-9-12-21(18)31-22)24(29)17-15-19(26)25(20(27)16-17)30-14-13-28(5-2)6-3;1-2/h8-10,12,15-16H,4-7,11,13-14H2,1-3H3;2H,1H3. The number of aryl methyl sites for hydroxylation is 1. The van der Waals surface area contributed by atoms with E-state index in [0.29, 0.717) is 17.7 Å². The van der Waals surface area contributed by atoms with Crippen molar-refractivity contribution in [2.24, 2.45) is 0 Å². The first-order chi connectivity index (χ1) is 16.0. The molecule has 0 saturated carbocycles. The number of rotatable bonds is 11. The molecule has 0 saturated heterocycles. The van der Waals surface area contributed by atoms with Gasteiger partial charge in [-0.25, -0.2) is 0 Å². The number of nitrogens with zero attached hydrogens (tertiary/aromatic N) is 1. The molecule has 7 heteroatoms. The summed E-state index contributed by atoms with van der Waals surface area (Å²) in [6.45, 7) is 10.0. The lowest BCUT2D eigenvalue weighted by Gasteiger charge is -2.19. The minimum absolute atomic E-state index is 0.0153. The van der Waals surface area contributed by atoms with Gasteiger partial charge in [0.05, 0.1) is 12.7 Å². The van der Waals surface area contributed by atoms with Crippen LogP contribution in [0.25, 0.3) is 11.0 Å². The average Bonchev–Trinajstić information content (AvgIpc) is 3.21. The Morgan fingerprint density at radius 3 is 2.30 bits per heavy atom. The van der Waals surface area contributed by atoms with Crippen molar-refractivity contribution < 1.29 is 19.1 Å². The quantitative estimate of drug-likeness (QED) is 0.185. The van der Waals surface area contributed by atoms with Gasteiger partial charge in [-0.15, -0.1) is 0 Å². The van der Waals surface area contributed by atoms with E-state index in [1.807, 2.05) is 36.4 Å². The third kappa shape index (κ3) is 7.16. The number of likely N-dealkylation sites (N-methyl/N-ethyl adjacent to an activating group) is 1. The number of fused-ring (bicyclic) bond motifs is 1. The Hall–Kier alpha value is -1.17. The van der Waals surface area contributed by atoms with Crippen LogP contribution in [0.2, 0.25) is 0 Å². The summed E-state index contributed by atoms with van der Waals surface area (Å²) in [5.74, 6) is 1.66. The Morgan fingerprint density at radius 2 is 1.70 bits per heavy atom. The molecule has 5 nitrogen and oxygen atoms in total. The summed E-state index contributed by atoms with van der Waals surface area (Å²) in [4.78, 5) is 15.9. The van der Waals surface area contributed by atoms with Gasteiger partial charge < -0.3 is 19.2 Å². The topological polar surface area (TPSA) is 62.9 Å². The highest BCUT2D eigenvalue weighted by atomic mass is 127. The Morgan fingerprint density at radius 1 is 1.06 bits per heavy atom. The van der Waals surface area contributed by atoms with Crippen molar-refractivity contribution in [2.75, 3.05) is 33.4 Å². The molecule has 0 radical (unpaired) electrons. The molecule has 0 aliphatic rings. The summed E-state index contributed by atoms with van der Waals surface area (Å²) in [6.07, 6.45) is 2.82. The van der Waals surface area contributed by atoms with Crippen molar-refractivity contribution in [2.45, 2.75) is 40.0 Å². The summed E-state index contributed by atoms with van der Waals surface area (Å²) in [7, 11) is 1.00. The number of unbranched alkanes of at least 4 members (excludes halogenated alkanes) is 1. The van der Waals surface area contributed by atoms with Crippen LogP contribution < -0.4 is 4.74 Å². The molecule has 0 amide bonds. The first kappa shape index (κ1) is 28.1. The highest BCUT2D eigenvalue weighted by molar-refractivity contribution is 14.1. The minimum atomic E-state index is 0.0153. The lowest BCUT2D eigenvalue weighted by atomic mass is 9.98. The molecule has 1 heterocycles. The van der Waals surface area contributed by atoms with Crippen LogP contribution in [0.3, 0.4) is 0 Å². The van der Waals surface area contributed by atoms with E-state index < -0.39 is 0 Å². The van der Waals surface area contributed by atoms with E-state index in [1.165, 1.54) is 0 Å². The van der Waals surface area contributed by atoms with E-state index in [0.717, 1.165) is 75.6 Å². The number of ketones is 1. The lowest BCUT2D eigenvalue weighted by Crippen LogP contribution is -2.28. The van der Waals surface area contributed by atoms with Gasteiger partial charge >= 0.3 is 0 Å². The largest absolute Gasteiger partial charge is 0.490 e. The van der Waals surface area contributed by atoms with E-state index >= 15 is 0 Å². The van der Waals surface area contributed by atoms with Gasteiger partial charge in [-0.05, 0) is 82.9 Å². The van der Waals surface area contributed by atoms with Crippen molar-refractivity contribution in [1.82, 2.24) is 4.90 Å². The van der Waals surface area contributed by atoms with Gasteiger partial charge in [0.25, 0.3) is 0 Å². The zero-order valence-corrected chi connectivity index (χ0v) is 24.1. The second-order valence-corrected chi connectivity index (χ2v) is 9.80. The number of carbonyl (C=O) groups is 1. The average molecular weight is 677 g/mol. The molecule has 1 N–H and O–H groups in total. The monoisotopic (exact) mass is 677 g/mol. The second-order valence-electron chi connectivity index (χ2n) is 7.47. The van der Waals surface area contributed by atoms with Crippen LogP contribution in [0.4, 0.5) is 0 Å². The number of aliphatic hydroxyl groups is 1. The van der Waals surface area contributed by atoms with Crippen molar-refractivity contribution in [3.63, 3.8) is 0 Å². The third-order valence-electron chi connectivity index (χ3n) is 5.46. The van der Waals surface area contributed by atoms with Crippen LogP contribution >= 0.6 is 45.2 Å². The molecule has 3 rings (SSSR count).